The molecule has 6 rings (SSSR count). The summed E-state index contributed by atoms with van der Waals surface area (Å²) in [5.74, 6) is 6.67. The number of nitrogens with zero attached hydrogens (tertiary/aromatic N) is 3. The molecule has 4 aromatic carbocycles. The molecule has 2 N–H and O–H groups in total. The quantitative estimate of drug-likeness (QED) is 0.0750. The summed E-state index contributed by atoms with van der Waals surface area (Å²) in [5, 5.41) is 22.3. The number of carbonyl (C=O) groups excluding carboxylic acids is 1. The van der Waals surface area contributed by atoms with Gasteiger partial charge in [-0.05, 0) is 91.9 Å². The summed E-state index contributed by atoms with van der Waals surface area (Å²) in [5.41, 5.74) is 0.727. The predicted molar refractivity (Wildman–Crippen MR) is 212 cm³/mol. The van der Waals surface area contributed by atoms with Crippen molar-refractivity contribution in [3.63, 3.8) is 0 Å². The third kappa shape index (κ3) is 9.80. The smallest absolute Gasteiger partial charge is 0.320 e. The van der Waals surface area contributed by atoms with Crippen molar-refractivity contribution < 1.29 is 29.4 Å². The maximum atomic E-state index is 14.2. The van der Waals surface area contributed by atoms with Crippen molar-refractivity contribution in [3.8, 4) is 47.7 Å². The van der Waals surface area contributed by atoms with Crippen LogP contribution in [-0.4, -0.2) is 85.8 Å². The summed E-state index contributed by atoms with van der Waals surface area (Å²) in [6.07, 6.45) is 13.1. The predicted octanol–water partition coefficient (Wildman–Crippen LogP) is 7.89. The summed E-state index contributed by atoms with van der Waals surface area (Å²) in [4.78, 5) is 32.5. The minimum atomic E-state index is -0.935. The monoisotopic (exact) mass is 761 g/mol. The highest BCUT2D eigenvalue weighted by Crippen LogP contribution is 2.44. The Morgan fingerprint density at radius 2 is 1.13 bits per heavy atom. The van der Waals surface area contributed by atoms with E-state index in [9.17, 15) is 19.9 Å². The van der Waals surface area contributed by atoms with E-state index in [2.05, 4.69) is 21.6 Å². The van der Waals surface area contributed by atoms with E-state index in [1.165, 1.54) is 23.5 Å². The van der Waals surface area contributed by atoms with Crippen LogP contribution in [0.4, 0.5) is 0 Å². The molecule has 0 bridgehead atoms. The van der Waals surface area contributed by atoms with Gasteiger partial charge in [0.15, 0.2) is 0 Å². The molecule has 0 radical (unpaired) electrons. The van der Waals surface area contributed by atoms with Gasteiger partial charge in [-0.1, -0.05) is 54.3 Å². The van der Waals surface area contributed by atoms with E-state index in [0.29, 0.717) is 82.2 Å². The van der Waals surface area contributed by atoms with Crippen molar-refractivity contribution in [3.05, 3.63) is 109 Å². The Morgan fingerprint density at radius 3 is 1.63 bits per heavy atom. The van der Waals surface area contributed by atoms with Gasteiger partial charge < -0.3 is 14.6 Å². The van der Waals surface area contributed by atoms with E-state index >= 15 is 0 Å². The van der Waals surface area contributed by atoms with Gasteiger partial charge in [-0.25, -0.2) is 5.06 Å². The molecule has 2 fully saturated rings. The van der Waals surface area contributed by atoms with Crippen LogP contribution in [0.15, 0.2) is 113 Å². The minimum absolute atomic E-state index is 0.00514. The molecular formula is C43H43N3O6S2. The molecule has 2 aliphatic rings. The first-order valence-electron chi connectivity index (χ1n) is 17.8. The average Bonchev–Trinajstić information content (AvgIpc) is 3.18. The largest absolute Gasteiger partial charge is 0.480 e. The topological polar surface area (TPSA) is 103 Å². The normalized spacial score (nSPS) is 16.7. The van der Waals surface area contributed by atoms with Crippen molar-refractivity contribution in [1.82, 2.24) is 14.9 Å². The number of carboxylic acid groups (broad SMARTS) is 1. The number of likely N-dealkylation sites (tertiary alicyclic amines) is 2. The lowest BCUT2D eigenvalue weighted by atomic mass is 9.94. The fraction of sp³-hybridized carbons (Fsp3) is 0.302. The van der Waals surface area contributed by atoms with Crippen LogP contribution >= 0.6 is 23.5 Å². The Labute approximate surface area is 325 Å². The number of hydrogen-bond donors (Lipinski definition) is 2. The van der Waals surface area contributed by atoms with Gasteiger partial charge in [0.25, 0.3) is 5.91 Å². The second-order valence-corrected chi connectivity index (χ2v) is 16.3. The minimum Gasteiger partial charge on any atom is -0.480 e. The maximum Gasteiger partial charge on any atom is 0.320 e. The van der Waals surface area contributed by atoms with Crippen LogP contribution in [0.1, 0.15) is 31.2 Å². The standard InChI is InChI=1S/C43H43N3O6S2/c1-3-24-44-26-20-42(21-27-44,53-38-14-8-12-36(30-38)51-34-10-6-5-7-11-34)40(47)46(50)32-33-16-18-35(19-17-33)52-37-13-9-15-39(31-37)54-43(41(48)49)22-28-45(25-4-2)29-23-43/h1-2,5-19,30-31,50H,20-29,32H2,(H,48,49). The first-order chi connectivity index (χ1) is 26.2. The van der Waals surface area contributed by atoms with E-state index < -0.39 is 15.5 Å². The number of terminal acetylenes is 2. The first kappa shape index (κ1) is 38.8. The number of carboxylic acids is 1. The number of rotatable bonds is 14. The Bertz CT molecular complexity index is 1980. The third-order valence-electron chi connectivity index (χ3n) is 9.68. The molecule has 0 aromatic heterocycles. The Balaban J connectivity index is 1.10. The second kappa shape index (κ2) is 18.0. The molecule has 11 heteroatoms. The number of hydroxylamine groups is 2. The molecule has 0 atom stereocenters. The van der Waals surface area contributed by atoms with Gasteiger partial charge in [0.1, 0.15) is 32.5 Å². The van der Waals surface area contributed by atoms with Gasteiger partial charge in [0.05, 0.1) is 19.6 Å². The summed E-state index contributed by atoms with van der Waals surface area (Å²) in [6, 6.07) is 31.8. The molecule has 2 aliphatic heterocycles. The van der Waals surface area contributed by atoms with Gasteiger partial charge in [0, 0.05) is 36.0 Å². The van der Waals surface area contributed by atoms with Crippen LogP contribution in [-0.2, 0) is 16.1 Å². The summed E-state index contributed by atoms with van der Waals surface area (Å²) in [6.45, 7) is 3.54. The zero-order chi connectivity index (χ0) is 38.0. The number of amides is 1. The van der Waals surface area contributed by atoms with Crippen LogP contribution in [0, 0.1) is 24.7 Å². The second-order valence-electron chi connectivity index (χ2n) is 13.4. The number of hydrogen-bond acceptors (Lipinski definition) is 9. The molecule has 0 spiro atoms. The summed E-state index contributed by atoms with van der Waals surface area (Å²) < 4.78 is 10.4. The van der Waals surface area contributed by atoms with Gasteiger partial charge in [-0.3, -0.25) is 24.6 Å². The number of carbonyl (C=O) groups is 2. The molecule has 54 heavy (non-hydrogen) atoms. The van der Waals surface area contributed by atoms with Gasteiger partial charge in [0.2, 0.25) is 0 Å². The van der Waals surface area contributed by atoms with Crippen molar-refractivity contribution in [1.29, 1.82) is 0 Å². The molecule has 0 unspecified atom stereocenters. The molecular weight excluding hydrogens is 719 g/mol. The van der Waals surface area contributed by atoms with Crippen LogP contribution in [0.5, 0.6) is 23.0 Å². The van der Waals surface area contributed by atoms with Crippen LogP contribution < -0.4 is 9.47 Å². The third-order valence-corrected chi connectivity index (χ3v) is 12.6. The fourth-order valence-corrected chi connectivity index (χ4v) is 9.28. The maximum absolute atomic E-state index is 14.2. The molecule has 4 aromatic rings. The molecule has 0 saturated carbocycles. The Kier molecular flexibility index (Phi) is 12.9. The number of benzene rings is 4. The van der Waals surface area contributed by atoms with E-state index in [-0.39, 0.29) is 12.5 Å². The zero-order valence-corrected chi connectivity index (χ0v) is 31.6. The molecule has 2 heterocycles. The number of aliphatic carboxylic acids is 1. The summed E-state index contributed by atoms with van der Waals surface area (Å²) >= 11 is 2.80. The lowest BCUT2D eigenvalue weighted by molar-refractivity contribution is -0.172. The number of para-hydroxylation sites is 1. The number of ether oxygens (including phenoxy) is 2. The van der Waals surface area contributed by atoms with E-state index in [4.69, 9.17) is 22.3 Å². The zero-order valence-electron chi connectivity index (χ0n) is 29.9. The Hall–Kier alpha value is -4.88. The molecule has 2 saturated heterocycles. The van der Waals surface area contributed by atoms with Gasteiger partial charge in [-0.15, -0.1) is 36.4 Å². The highest BCUT2D eigenvalue weighted by atomic mass is 32.2. The van der Waals surface area contributed by atoms with Gasteiger partial charge in [-0.2, -0.15) is 0 Å². The highest BCUT2D eigenvalue weighted by Gasteiger charge is 2.45. The SMILES string of the molecule is C#CCN1CCC(Sc2cccc(Oc3ccc(CN(O)C(=O)C4(Sc5cccc(Oc6ccccc6)c5)CCN(CC#C)CC4)cc3)c2)(C(=O)O)CC1. The van der Waals surface area contributed by atoms with E-state index in [1.54, 1.807) is 12.1 Å². The number of piperidine rings is 2. The molecule has 9 nitrogen and oxygen atoms in total. The highest BCUT2D eigenvalue weighted by molar-refractivity contribution is 8.01. The van der Waals surface area contributed by atoms with Crippen molar-refractivity contribution in [2.75, 3.05) is 39.3 Å². The Morgan fingerprint density at radius 1 is 0.667 bits per heavy atom. The average molecular weight is 762 g/mol. The lowest BCUT2D eigenvalue weighted by Crippen LogP contribution is -2.52. The number of thioether (sulfide) groups is 2. The molecule has 278 valence electrons. The van der Waals surface area contributed by atoms with Crippen molar-refractivity contribution in [2.45, 2.75) is 51.5 Å². The molecule has 0 aliphatic carbocycles. The van der Waals surface area contributed by atoms with Crippen molar-refractivity contribution in [2.24, 2.45) is 0 Å². The summed E-state index contributed by atoms with van der Waals surface area (Å²) in [7, 11) is 0. The van der Waals surface area contributed by atoms with E-state index in [1.807, 2.05) is 91.0 Å². The van der Waals surface area contributed by atoms with Gasteiger partial charge >= 0.3 is 5.97 Å². The molecule has 1 amide bonds. The van der Waals surface area contributed by atoms with Crippen LogP contribution in [0.2, 0.25) is 0 Å². The first-order valence-corrected chi connectivity index (χ1v) is 19.5. The van der Waals surface area contributed by atoms with Crippen LogP contribution in [0.3, 0.4) is 0 Å². The van der Waals surface area contributed by atoms with Crippen molar-refractivity contribution >= 4 is 35.4 Å². The fourth-order valence-electron chi connectivity index (χ4n) is 6.68. The lowest BCUT2D eigenvalue weighted by Gasteiger charge is -2.41. The van der Waals surface area contributed by atoms with Crippen LogP contribution in [0.25, 0.3) is 0 Å². The van der Waals surface area contributed by atoms with E-state index in [0.717, 1.165) is 26.2 Å².